The van der Waals surface area contributed by atoms with E-state index in [1.807, 2.05) is 0 Å². The average Bonchev–Trinajstić information content (AvgIpc) is 2.35. The summed E-state index contributed by atoms with van der Waals surface area (Å²) in [5.41, 5.74) is -0.0653. The first-order chi connectivity index (χ1) is 9.96. The van der Waals surface area contributed by atoms with Crippen LogP contribution >= 0.6 is 0 Å². The molecule has 8 heteroatoms. The molecule has 0 aromatic heterocycles. The van der Waals surface area contributed by atoms with Crippen LogP contribution in [0, 0.1) is 0 Å². The van der Waals surface area contributed by atoms with Crippen molar-refractivity contribution in [1.29, 1.82) is 0 Å². The van der Waals surface area contributed by atoms with Crippen molar-refractivity contribution in [2.75, 3.05) is 0 Å². The largest absolute Gasteiger partial charge is 0.478 e. The predicted octanol–water partition coefficient (Wildman–Crippen LogP) is 1.08. The Balaban J connectivity index is 5.23. The molecule has 0 radical (unpaired) electrons. The number of hydrogen-bond donors (Lipinski definition) is 1. The quantitative estimate of drug-likeness (QED) is 0.422. The first-order valence-corrected chi connectivity index (χ1v) is 5.88. The normalized spacial score (nSPS) is 10.7. The summed E-state index contributed by atoms with van der Waals surface area (Å²) in [5, 5.41) is 8.41. The molecule has 0 unspecified atom stereocenters. The summed E-state index contributed by atoms with van der Waals surface area (Å²) in [6.07, 6.45) is 1.06. The van der Waals surface area contributed by atoms with E-state index in [0.29, 0.717) is 12.2 Å². The Morgan fingerprint density at radius 1 is 0.909 bits per heavy atom. The first kappa shape index (κ1) is 19.1. The van der Waals surface area contributed by atoms with E-state index in [2.05, 4.69) is 17.9 Å². The molecule has 0 aromatic carbocycles. The molecule has 120 valence electrons. The summed E-state index contributed by atoms with van der Waals surface area (Å²) >= 11 is 0. The third kappa shape index (κ3) is 7.04. The molecule has 0 atom stereocenters. The number of carboxylic acid groups (broad SMARTS) is 1. The fourth-order valence-electron chi connectivity index (χ4n) is 0.930. The van der Waals surface area contributed by atoms with Crippen molar-refractivity contribution in [1.82, 2.24) is 0 Å². The highest BCUT2D eigenvalue weighted by Crippen LogP contribution is 2.19. The minimum absolute atomic E-state index is 0.0327. The Hall–Kier alpha value is -2.90. The van der Waals surface area contributed by atoms with Crippen LogP contribution in [0.2, 0.25) is 0 Å². The van der Waals surface area contributed by atoms with E-state index in [9.17, 15) is 19.2 Å². The number of carboxylic acids is 1. The van der Waals surface area contributed by atoms with Gasteiger partial charge in [0.25, 0.3) is 0 Å². The molecule has 0 aliphatic carbocycles. The van der Waals surface area contributed by atoms with Gasteiger partial charge < -0.3 is 19.3 Å². The molecule has 0 rings (SSSR count). The van der Waals surface area contributed by atoms with Gasteiger partial charge in [-0.1, -0.05) is 13.2 Å². The molecule has 0 saturated carbocycles. The van der Waals surface area contributed by atoms with Crippen molar-refractivity contribution in [2.45, 2.75) is 26.7 Å². The molecule has 22 heavy (non-hydrogen) atoms. The van der Waals surface area contributed by atoms with Crippen molar-refractivity contribution < 1.29 is 38.5 Å². The zero-order valence-electron chi connectivity index (χ0n) is 12.4. The Kier molecular flexibility index (Phi) is 6.75. The smallest absolute Gasteiger partial charge is 0.421 e. The van der Waals surface area contributed by atoms with E-state index in [0.717, 1.165) is 6.92 Å². The Bertz CT molecular complexity index is 527. The second-order valence-electron chi connectivity index (χ2n) is 4.29. The van der Waals surface area contributed by atoms with Gasteiger partial charge in [0.2, 0.25) is 0 Å². The van der Waals surface area contributed by atoms with Crippen LogP contribution in [0.15, 0.2) is 36.5 Å². The number of aliphatic carboxylic acids is 1. The summed E-state index contributed by atoms with van der Waals surface area (Å²) in [5.74, 6) is -6.95. The van der Waals surface area contributed by atoms with Crippen molar-refractivity contribution >= 4 is 23.9 Å². The second-order valence-corrected chi connectivity index (χ2v) is 4.29. The Morgan fingerprint density at radius 3 is 1.64 bits per heavy atom. The van der Waals surface area contributed by atoms with Crippen molar-refractivity contribution in [3.8, 4) is 0 Å². The van der Waals surface area contributed by atoms with Crippen molar-refractivity contribution in [3.63, 3.8) is 0 Å². The second kappa shape index (κ2) is 7.77. The summed E-state index contributed by atoms with van der Waals surface area (Å²) < 4.78 is 14.2. The van der Waals surface area contributed by atoms with Gasteiger partial charge in [0.05, 0.1) is 6.92 Å². The molecule has 0 aliphatic rings. The number of ether oxygens (including phenoxy) is 3. The highest BCUT2D eigenvalue weighted by atomic mass is 16.9. The lowest BCUT2D eigenvalue weighted by molar-refractivity contribution is -0.315. The molecule has 0 amide bonds. The van der Waals surface area contributed by atoms with Crippen LogP contribution in [-0.4, -0.2) is 35.0 Å². The van der Waals surface area contributed by atoms with E-state index in [1.165, 1.54) is 13.8 Å². The lowest BCUT2D eigenvalue weighted by atomic mass is 10.3. The van der Waals surface area contributed by atoms with E-state index in [-0.39, 0.29) is 11.1 Å². The van der Waals surface area contributed by atoms with E-state index in [1.54, 1.807) is 0 Å². The zero-order chi connectivity index (χ0) is 17.5. The lowest BCUT2D eigenvalue weighted by Gasteiger charge is -2.27. The number of esters is 3. The van der Waals surface area contributed by atoms with E-state index in [4.69, 9.17) is 14.6 Å². The molecular formula is C14H16O8. The van der Waals surface area contributed by atoms with E-state index >= 15 is 0 Å². The van der Waals surface area contributed by atoms with Crippen molar-refractivity contribution in [2.24, 2.45) is 0 Å². The Labute approximate surface area is 126 Å². The minimum atomic E-state index is -2.40. The van der Waals surface area contributed by atoms with E-state index < -0.39 is 29.9 Å². The van der Waals surface area contributed by atoms with Gasteiger partial charge in [0.15, 0.2) is 0 Å². The first-order valence-electron chi connectivity index (χ1n) is 5.88. The SMILES string of the molecule is C=C(C)C(=O)OC(C)(OC(=O)/C=C/C(=O)O)OC(=O)C(=C)C. The van der Waals surface area contributed by atoms with Gasteiger partial charge in [-0.15, -0.1) is 0 Å². The van der Waals surface area contributed by atoms with Crippen LogP contribution in [0.1, 0.15) is 20.8 Å². The number of hydrogen-bond acceptors (Lipinski definition) is 7. The number of carbonyl (C=O) groups excluding carboxylic acids is 3. The summed E-state index contributed by atoms with van der Waals surface area (Å²) in [7, 11) is 0. The molecule has 0 aliphatic heterocycles. The summed E-state index contributed by atoms with van der Waals surface area (Å²) in [6.45, 7) is 10.3. The molecular weight excluding hydrogens is 296 g/mol. The van der Waals surface area contributed by atoms with Crippen LogP contribution in [0.4, 0.5) is 0 Å². The summed E-state index contributed by atoms with van der Waals surface area (Å²) in [4.78, 5) is 44.8. The van der Waals surface area contributed by atoms with Gasteiger partial charge in [-0.2, -0.15) is 0 Å². The van der Waals surface area contributed by atoms with Crippen LogP contribution < -0.4 is 0 Å². The highest BCUT2D eigenvalue weighted by molar-refractivity contribution is 5.92. The van der Waals surface area contributed by atoms with Gasteiger partial charge in [0.1, 0.15) is 0 Å². The molecule has 8 nitrogen and oxygen atoms in total. The topological polar surface area (TPSA) is 116 Å². The van der Waals surface area contributed by atoms with Gasteiger partial charge in [-0.25, -0.2) is 19.2 Å². The predicted molar refractivity (Wildman–Crippen MR) is 73.1 cm³/mol. The highest BCUT2D eigenvalue weighted by Gasteiger charge is 2.38. The van der Waals surface area contributed by atoms with Crippen molar-refractivity contribution in [3.05, 3.63) is 36.5 Å². The fraction of sp³-hybridized carbons (Fsp3) is 0.286. The maximum atomic E-state index is 11.5. The number of rotatable bonds is 7. The van der Waals surface area contributed by atoms with Crippen LogP contribution in [-0.2, 0) is 33.4 Å². The average molecular weight is 312 g/mol. The zero-order valence-corrected chi connectivity index (χ0v) is 12.4. The van der Waals surface area contributed by atoms with Crippen LogP contribution in [0.5, 0.6) is 0 Å². The van der Waals surface area contributed by atoms with Gasteiger partial charge >= 0.3 is 29.9 Å². The minimum Gasteiger partial charge on any atom is -0.478 e. The molecule has 0 saturated heterocycles. The maximum absolute atomic E-state index is 11.5. The molecule has 0 aromatic rings. The monoisotopic (exact) mass is 312 g/mol. The third-order valence-electron chi connectivity index (χ3n) is 1.90. The molecule has 0 heterocycles. The molecule has 1 N–H and O–H groups in total. The van der Waals surface area contributed by atoms with Crippen LogP contribution in [0.25, 0.3) is 0 Å². The number of carbonyl (C=O) groups is 4. The molecule has 0 spiro atoms. The standard InChI is InChI=1S/C14H16O8/c1-8(2)12(18)21-14(5,22-13(19)9(3)4)20-11(17)7-6-10(15)16/h6-7H,1,3H2,2,4-5H3,(H,15,16)/b7-6+. The molecule has 0 bridgehead atoms. The Morgan fingerprint density at radius 2 is 1.32 bits per heavy atom. The fourth-order valence-corrected chi connectivity index (χ4v) is 0.930. The van der Waals surface area contributed by atoms with Gasteiger partial charge in [-0.05, 0) is 13.8 Å². The van der Waals surface area contributed by atoms with Gasteiger partial charge in [0, 0.05) is 23.3 Å². The molecule has 0 fully saturated rings. The lowest BCUT2D eigenvalue weighted by Crippen LogP contribution is -2.41. The van der Waals surface area contributed by atoms with Crippen LogP contribution in [0.3, 0.4) is 0 Å². The summed E-state index contributed by atoms with van der Waals surface area (Å²) in [6, 6.07) is 0. The maximum Gasteiger partial charge on any atom is 0.421 e. The van der Waals surface area contributed by atoms with Gasteiger partial charge in [-0.3, -0.25) is 0 Å². The third-order valence-corrected chi connectivity index (χ3v) is 1.90.